The fraction of sp³-hybridized carbons (Fsp3) is 0.222. The summed E-state index contributed by atoms with van der Waals surface area (Å²) in [6, 6.07) is 4.83. The summed E-state index contributed by atoms with van der Waals surface area (Å²) in [5.41, 5.74) is 0.0922. The number of nitro groups is 1. The Morgan fingerprint density at radius 2 is 1.89 bits per heavy atom. The number of non-ortho nitro benzene ring substituents is 1. The summed E-state index contributed by atoms with van der Waals surface area (Å²) in [7, 11) is -3.15. The van der Waals surface area contributed by atoms with Gasteiger partial charge in [0.2, 0.25) is 0 Å². The Balaban J connectivity index is 0. The molecule has 0 radical (unpaired) electrons. The van der Waals surface area contributed by atoms with Crippen molar-refractivity contribution in [2.24, 2.45) is 0 Å². The first kappa shape index (κ1) is 17.8. The van der Waals surface area contributed by atoms with Gasteiger partial charge in [-0.1, -0.05) is 12.1 Å². The third-order valence-electron chi connectivity index (χ3n) is 1.85. The molecular weight excluding hydrogens is 289 g/mol. The number of nitro benzene ring substituents is 1. The molecule has 0 aliphatic heterocycles. The summed E-state index contributed by atoms with van der Waals surface area (Å²) < 4.78 is 30.8. The van der Waals surface area contributed by atoms with Crippen molar-refractivity contribution in [3.8, 4) is 0 Å². The van der Waals surface area contributed by atoms with E-state index in [1.54, 1.807) is 0 Å². The van der Waals surface area contributed by atoms with Crippen LogP contribution in [0.5, 0.6) is 0 Å². The molecule has 0 bridgehead atoms. The molecule has 0 aliphatic rings. The molecule has 0 amide bonds. The third kappa shape index (κ3) is 6.01. The first-order valence-corrected chi connectivity index (χ1v) is 6.15. The van der Waals surface area contributed by atoms with Gasteiger partial charge in [-0.25, -0.2) is 4.79 Å². The molecule has 0 fully saturated rings. The normalized spacial score (nSPS) is 10.2. The van der Waals surface area contributed by atoms with Gasteiger partial charge >= 0.3 is 45.8 Å². The van der Waals surface area contributed by atoms with Crippen LogP contribution < -0.4 is 29.6 Å². The maximum atomic E-state index is 11.3. The Morgan fingerprint density at radius 1 is 1.37 bits per heavy atom. The molecule has 0 aromatic heterocycles. The second kappa shape index (κ2) is 7.43. The number of hydrogen-bond donors (Lipinski definition) is 0. The van der Waals surface area contributed by atoms with Crippen LogP contribution >= 0.6 is 0 Å². The van der Waals surface area contributed by atoms with E-state index < -0.39 is 26.9 Å². The van der Waals surface area contributed by atoms with E-state index in [9.17, 15) is 23.3 Å². The Kier molecular flexibility index (Phi) is 6.98. The Hall–Kier alpha value is -1.16. The zero-order valence-electron chi connectivity index (χ0n) is 11.2. The number of methoxy groups -OCH3 is 1. The van der Waals surface area contributed by atoms with Crippen molar-refractivity contribution in [2.75, 3.05) is 7.11 Å². The molecule has 0 N–H and O–H groups in total. The molecule has 8 nitrogen and oxygen atoms in total. The van der Waals surface area contributed by atoms with E-state index in [-0.39, 0.29) is 42.2 Å². The summed E-state index contributed by atoms with van der Waals surface area (Å²) >= 11 is 0. The molecule has 0 atom stereocenters. The van der Waals surface area contributed by atoms with Gasteiger partial charge in [0.05, 0.1) is 12.0 Å². The monoisotopic (exact) mass is 299 g/mol. The first-order valence-electron chi connectivity index (χ1n) is 4.57. The molecule has 0 saturated heterocycles. The molecule has 0 aliphatic carbocycles. The molecule has 1 aromatic carbocycles. The molecule has 10 heteroatoms. The number of carbonyl (C=O) groups is 1. The van der Waals surface area contributed by atoms with Gasteiger partial charge in [-0.2, -0.15) is 8.42 Å². The Bertz CT molecular complexity index is 560. The second-order valence-corrected chi connectivity index (χ2v) is 4.73. The van der Waals surface area contributed by atoms with Crippen LogP contribution in [0, 0.1) is 10.1 Å². The average Bonchev–Trinajstić information content (AvgIpc) is 2.28. The summed E-state index contributed by atoms with van der Waals surface area (Å²) in [4.78, 5) is 20.4. The van der Waals surface area contributed by atoms with Crippen molar-refractivity contribution in [2.45, 2.75) is 5.75 Å². The number of carbonyl (C=O) groups excluding carboxylic acids is 1. The minimum absolute atomic E-state index is 0. The number of nitrogens with zero attached hydrogens (tertiary/aromatic N) is 1. The standard InChI is InChI=1S/C9H9NO7S.Na.H/c1-16-9(11)17-18(14,15)6-7-2-4-8(5-3-7)10(12)13;;/h2-5H,6H2,1H3;;/q;+1;-1. The first-order chi connectivity index (χ1) is 8.34. The number of ether oxygens (including phenoxy) is 1. The summed E-state index contributed by atoms with van der Waals surface area (Å²) in [6.45, 7) is 0. The van der Waals surface area contributed by atoms with E-state index in [1.165, 1.54) is 12.1 Å². The van der Waals surface area contributed by atoms with E-state index >= 15 is 0 Å². The number of benzene rings is 1. The maximum Gasteiger partial charge on any atom is 1.00 e. The molecule has 0 saturated carbocycles. The molecular formula is C9H10NNaO7S. The molecule has 1 rings (SSSR count). The smallest absolute Gasteiger partial charge is 1.00 e. The topological polar surface area (TPSA) is 113 Å². The van der Waals surface area contributed by atoms with Crippen molar-refractivity contribution in [1.82, 2.24) is 0 Å². The van der Waals surface area contributed by atoms with E-state index in [2.05, 4.69) is 8.92 Å². The van der Waals surface area contributed by atoms with Gasteiger partial charge in [0.1, 0.15) is 5.75 Å². The predicted octanol–water partition coefficient (Wildman–Crippen LogP) is -1.68. The van der Waals surface area contributed by atoms with Gasteiger partial charge in [0.25, 0.3) is 5.69 Å². The van der Waals surface area contributed by atoms with E-state index in [0.29, 0.717) is 0 Å². The van der Waals surface area contributed by atoms with Gasteiger partial charge in [-0.15, -0.1) is 0 Å². The number of hydrogen-bond acceptors (Lipinski definition) is 7. The average molecular weight is 299 g/mol. The van der Waals surface area contributed by atoms with Gasteiger partial charge in [0.15, 0.2) is 0 Å². The van der Waals surface area contributed by atoms with Crippen molar-refractivity contribution in [1.29, 1.82) is 0 Å². The minimum Gasteiger partial charge on any atom is -1.00 e. The van der Waals surface area contributed by atoms with Crippen LogP contribution in [0.1, 0.15) is 6.99 Å². The molecule has 100 valence electrons. The van der Waals surface area contributed by atoms with Crippen molar-refractivity contribution < 1.29 is 58.0 Å². The van der Waals surface area contributed by atoms with E-state index in [1.807, 2.05) is 0 Å². The van der Waals surface area contributed by atoms with Crippen LogP contribution in [-0.2, 0) is 24.8 Å². The molecule has 0 heterocycles. The Labute approximate surface area is 132 Å². The fourth-order valence-corrected chi connectivity index (χ4v) is 2.02. The van der Waals surface area contributed by atoms with Crippen LogP contribution in [0.15, 0.2) is 24.3 Å². The van der Waals surface area contributed by atoms with Gasteiger partial charge in [-0.3, -0.25) is 10.1 Å². The van der Waals surface area contributed by atoms with Crippen LogP contribution in [-0.4, -0.2) is 26.6 Å². The molecule has 19 heavy (non-hydrogen) atoms. The van der Waals surface area contributed by atoms with Gasteiger partial charge in [-0.05, 0) is 5.56 Å². The van der Waals surface area contributed by atoms with E-state index in [0.717, 1.165) is 19.2 Å². The van der Waals surface area contributed by atoms with Crippen molar-refractivity contribution >= 4 is 22.0 Å². The van der Waals surface area contributed by atoms with E-state index in [4.69, 9.17) is 0 Å². The summed E-state index contributed by atoms with van der Waals surface area (Å²) in [5.74, 6) is -0.583. The zero-order valence-corrected chi connectivity index (χ0v) is 13.0. The second-order valence-electron chi connectivity index (χ2n) is 3.16. The minimum atomic E-state index is -4.12. The fourth-order valence-electron chi connectivity index (χ4n) is 1.09. The van der Waals surface area contributed by atoms with Gasteiger partial charge in [0, 0.05) is 12.1 Å². The van der Waals surface area contributed by atoms with Gasteiger partial charge < -0.3 is 10.3 Å². The van der Waals surface area contributed by atoms with Crippen LogP contribution in [0.25, 0.3) is 0 Å². The third-order valence-corrected chi connectivity index (χ3v) is 2.93. The molecule has 1 aromatic rings. The maximum absolute atomic E-state index is 11.3. The largest absolute Gasteiger partial charge is 1.00 e. The van der Waals surface area contributed by atoms with Crippen LogP contribution in [0.3, 0.4) is 0 Å². The SMILES string of the molecule is COC(=O)OS(=O)(=O)Cc1ccc([N+](=O)[O-])cc1.[H-].[Na+]. The summed E-state index contributed by atoms with van der Waals surface area (Å²) in [5, 5.41) is 10.4. The Morgan fingerprint density at radius 3 is 2.32 bits per heavy atom. The molecule has 0 spiro atoms. The quantitative estimate of drug-likeness (QED) is 0.214. The summed E-state index contributed by atoms with van der Waals surface area (Å²) in [6.07, 6.45) is -1.34. The van der Waals surface area contributed by atoms with Crippen LogP contribution in [0.4, 0.5) is 10.5 Å². The van der Waals surface area contributed by atoms with Crippen molar-refractivity contribution in [3.05, 3.63) is 39.9 Å². The molecule has 0 unspecified atom stereocenters. The zero-order chi connectivity index (χ0) is 13.8. The predicted molar refractivity (Wildman–Crippen MR) is 60.3 cm³/mol. The van der Waals surface area contributed by atoms with Crippen molar-refractivity contribution in [3.63, 3.8) is 0 Å². The number of rotatable bonds is 4. The van der Waals surface area contributed by atoms with Crippen LogP contribution in [0.2, 0.25) is 0 Å².